The molecule has 8 heteroatoms. The number of nitrogens with two attached hydrogens (primary N) is 1. The van der Waals surface area contributed by atoms with Gasteiger partial charge in [0.1, 0.15) is 5.75 Å². The number of carbonyl (C=O) groups excluding carboxylic acids is 2. The summed E-state index contributed by atoms with van der Waals surface area (Å²) in [6.45, 7) is 12.4. The molecule has 0 spiro atoms. The molecule has 3 N–H and O–H groups in total. The Balaban J connectivity index is 1.61. The molecule has 4 aromatic rings. The molecule has 40 heavy (non-hydrogen) atoms. The Hall–Kier alpha value is -3.48. The molecule has 0 saturated heterocycles. The van der Waals surface area contributed by atoms with Crippen molar-refractivity contribution >= 4 is 45.9 Å². The largest absolute Gasteiger partial charge is 0.479 e. The number of amides is 2. The predicted molar refractivity (Wildman–Crippen MR) is 163 cm³/mol. The molecule has 2 atom stereocenters. The van der Waals surface area contributed by atoms with Gasteiger partial charge < -0.3 is 20.4 Å². The molecule has 0 aliphatic heterocycles. The van der Waals surface area contributed by atoms with Crippen LogP contribution in [-0.2, 0) is 11.3 Å². The predicted octanol–water partition coefficient (Wildman–Crippen LogP) is 7.48. The number of hydrogen-bond donors (Lipinski definition) is 2. The van der Waals surface area contributed by atoms with E-state index in [1.165, 1.54) is 5.56 Å². The first-order valence-corrected chi connectivity index (χ1v) is 14.1. The molecule has 3 aromatic carbocycles. The molecular formula is C32H35Cl2N3O3. The zero-order valence-electron chi connectivity index (χ0n) is 23.6. The summed E-state index contributed by atoms with van der Waals surface area (Å²) in [4.78, 5) is 24.7. The molecule has 0 aliphatic carbocycles. The molecule has 0 radical (unpaired) electrons. The number of carbonyl (C=O) groups is 2. The average Bonchev–Trinajstić information content (AvgIpc) is 3.15. The van der Waals surface area contributed by atoms with Crippen molar-refractivity contribution in [1.29, 1.82) is 0 Å². The zero-order chi connectivity index (χ0) is 29.3. The lowest BCUT2D eigenvalue weighted by atomic mass is 9.98. The monoisotopic (exact) mass is 579 g/mol. The SMILES string of the molecule is Cc1c(C)n(Cc2cc(O[C@@H](C)C(N)=O)c(Cl)cc2Cl)c2ccc(C(=O)N[C@@H](C)c3cccc(C(C)C)c3)cc12. The van der Waals surface area contributed by atoms with E-state index in [2.05, 4.69) is 35.9 Å². The Morgan fingerprint density at radius 1 is 0.950 bits per heavy atom. The number of aromatic nitrogens is 1. The van der Waals surface area contributed by atoms with E-state index in [-0.39, 0.29) is 11.9 Å². The number of fused-ring (bicyclic) bond motifs is 1. The van der Waals surface area contributed by atoms with Crippen LogP contribution in [0.1, 0.15) is 78.0 Å². The zero-order valence-corrected chi connectivity index (χ0v) is 25.2. The highest BCUT2D eigenvalue weighted by Gasteiger charge is 2.19. The second kappa shape index (κ2) is 11.9. The van der Waals surface area contributed by atoms with Gasteiger partial charge in [-0.05, 0) is 86.2 Å². The maximum Gasteiger partial charge on any atom is 0.258 e. The summed E-state index contributed by atoms with van der Waals surface area (Å²) in [5, 5.41) is 4.91. The first-order chi connectivity index (χ1) is 18.9. The number of rotatable bonds is 9. The van der Waals surface area contributed by atoms with Crippen molar-refractivity contribution in [2.24, 2.45) is 5.73 Å². The van der Waals surface area contributed by atoms with E-state index in [1.807, 2.05) is 51.1 Å². The van der Waals surface area contributed by atoms with Gasteiger partial charge >= 0.3 is 0 Å². The highest BCUT2D eigenvalue weighted by molar-refractivity contribution is 6.36. The average molecular weight is 581 g/mol. The summed E-state index contributed by atoms with van der Waals surface area (Å²) in [6.07, 6.45) is -0.839. The second-order valence-corrected chi connectivity index (χ2v) is 11.4. The topological polar surface area (TPSA) is 86.3 Å². The number of nitrogens with one attached hydrogen (secondary N) is 1. The van der Waals surface area contributed by atoms with Gasteiger partial charge in [0.25, 0.3) is 11.8 Å². The molecule has 1 aromatic heterocycles. The van der Waals surface area contributed by atoms with Gasteiger partial charge in [-0.1, -0.05) is 61.3 Å². The minimum Gasteiger partial charge on any atom is -0.479 e. The van der Waals surface area contributed by atoms with Gasteiger partial charge in [-0.3, -0.25) is 9.59 Å². The van der Waals surface area contributed by atoms with Crippen molar-refractivity contribution in [3.05, 3.63) is 98.2 Å². The number of hydrogen-bond acceptors (Lipinski definition) is 3. The Labute approximate surface area is 245 Å². The molecule has 0 bridgehead atoms. The van der Waals surface area contributed by atoms with Crippen LogP contribution in [0.2, 0.25) is 10.0 Å². The Morgan fingerprint density at radius 2 is 1.65 bits per heavy atom. The first-order valence-electron chi connectivity index (χ1n) is 13.3. The lowest BCUT2D eigenvalue weighted by molar-refractivity contribution is -0.123. The summed E-state index contributed by atoms with van der Waals surface area (Å²) in [7, 11) is 0. The highest BCUT2D eigenvalue weighted by atomic mass is 35.5. The Kier molecular flexibility index (Phi) is 8.81. The fourth-order valence-electron chi connectivity index (χ4n) is 4.75. The summed E-state index contributed by atoms with van der Waals surface area (Å²) < 4.78 is 7.81. The fourth-order valence-corrected chi connectivity index (χ4v) is 5.23. The lowest BCUT2D eigenvalue weighted by Gasteiger charge is -2.17. The van der Waals surface area contributed by atoms with Crippen LogP contribution in [0.4, 0.5) is 0 Å². The minimum absolute atomic E-state index is 0.125. The van der Waals surface area contributed by atoms with E-state index in [0.717, 1.165) is 33.3 Å². The summed E-state index contributed by atoms with van der Waals surface area (Å²) in [5.74, 6) is 0.0419. The standard InChI is InChI=1S/C32H35Cl2N3O3/c1-17(2)22-8-7-9-23(12-22)19(4)36-32(39)24-10-11-29-26(13-24)18(3)20(5)37(29)16-25-14-30(28(34)15-27(25)33)40-21(6)31(35)38/h7-15,17,19,21H,16H2,1-6H3,(H2,35,38)(H,36,39)/t19-,21-/m0/s1. The van der Waals surface area contributed by atoms with E-state index in [0.29, 0.717) is 33.8 Å². The first kappa shape index (κ1) is 29.5. The minimum atomic E-state index is -0.839. The lowest BCUT2D eigenvalue weighted by Crippen LogP contribution is -2.30. The number of benzene rings is 3. The van der Waals surface area contributed by atoms with E-state index < -0.39 is 12.0 Å². The fraction of sp³-hybridized carbons (Fsp3) is 0.312. The third kappa shape index (κ3) is 6.13. The van der Waals surface area contributed by atoms with Crippen LogP contribution in [0, 0.1) is 13.8 Å². The second-order valence-electron chi connectivity index (χ2n) is 10.6. The Bertz CT molecular complexity index is 1590. The normalized spacial score (nSPS) is 12.9. The van der Waals surface area contributed by atoms with Crippen LogP contribution in [0.25, 0.3) is 10.9 Å². The number of nitrogens with zero attached hydrogens (tertiary/aromatic N) is 1. The summed E-state index contributed by atoms with van der Waals surface area (Å²) in [6, 6.07) is 17.3. The quantitative estimate of drug-likeness (QED) is 0.215. The summed E-state index contributed by atoms with van der Waals surface area (Å²) in [5.41, 5.74) is 12.1. The van der Waals surface area contributed by atoms with Gasteiger partial charge in [0, 0.05) is 33.7 Å². The number of ether oxygens (including phenoxy) is 1. The molecule has 0 saturated carbocycles. The molecule has 6 nitrogen and oxygen atoms in total. The molecule has 1 heterocycles. The van der Waals surface area contributed by atoms with E-state index in [4.69, 9.17) is 33.7 Å². The Morgan fingerprint density at radius 3 is 2.33 bits per heavy atom. The van der Waals surface area contributed by atoms with Crippen LogP contribution in [0.5, 0.6) is 5.75 Å². The van der Waals surface area contributed by atoms with Crippen molar-refractivity contribution in [2.75, 3.05) is 0 Å². The van der Waals surface area contributed by atoms with Crippen molar-refractivity contribution in [1.82, 2.24) is 9.88 Å². The number of halogens is 2. The third-order valence-electron chi connectivity index (χ3n) is 7.46. The van der Waals surface area contributed by atoms with Gasteiger partial charge in [0.15, 0.2) is 6.10 Å². The van der Waals surface area contributed by atoms with Crippen LogP contribution in [0.15, 0.2) is 54.6 Å². The molecule has 0 fully saturated rings. The number of aryl methyl sites for hydroxylation is 1. The van der Waals surface area contributed by atoms with Crippen LogP contribution in [0.3, 0.4) is 0 Å². The van der Waals surface area contributed by atoms with Crippen molar-refractivity contribution < 1.29 is 14.3 Å². The van der Waals surface area contributed by atoms with Gasteiger partial charge in [-0.25, -0.2) is 0 Å². The highest BCUT2D eigenvalue weighted by Crippen LogP contribution is 2.34. The molecule has 0 unspecified atom stereocenters. The molecule has 4 rings (SSSR count). The van der Waals surface area contributed by atoms with Crippen molar-refractivity contribution in [2.45, 2.75) is 66.2 Å². The van der Waals surface area contributed by atoms with Crippen LogP contribution >= 0.6 is 23.2 Å². The van der Waals surface area contributed by atoms with Crippen LogP contribution in [-0.4, -0.2) is 22.5 Å². The van der Waals surface area contributed by atoms with Gasteiger partial charge in [0.2, 0.25) is 0 Å². The van der Waals surface area contributed by atoms with E-state index in [1.54, 1.807) is 19.1 Å². The van der Waals surface area contributed by atoms with Gasteiger partial charge in [-0.15, -0.1) is 0 Å². The molecular weight excluding hydrogens is 545 g/mol. The third-order valence-corrected chi connectivity index (χ3v) is 8.11. The maximum atomic E-state index is 13.2. The van der Waals surface area contributed by atoms with Gasteiger partial charge in [-0.2, -0.15) is 0 Å². The van der Waals surface area contributed by atoms with Crippen LogP contribution < -0.4 is 15.8 Å². The van der Waals surface area contributed by atoms with Gasteiger partial charge in [0.05, 0.1) is 11.1 Å². The maximum absolute atomic E-state index is 13.2. The summed E-state index contributed by atoms with van der Waals surface area (Å²) >= 11 is 12.9. The molecule has 0 aliphatic rings. The van der Waals surface area contributed by atoms with Crippen molar-refractivity contribution in [3.63, 3.8) is 0 Å². The van der Waals surface area contributed by atoms with E-state index in [9.17, 15) is 9.59 Å². The molecule has 210 valence electrons. The van der Waals surface area contributed by atoms with E-state index >= 15 is 0 Å². The van der Waals surface area contributed by atoms with Crippen molar-refractivity contribution in [3.8, 4) is 5.75 Å². The smallest absolute Gasteiger partial charge is 0.258 e. The number of primary amides is 1. The molecule has 2 amide bonds.